The number of rotatable bonds is 12. The van der Waals surface area contributed by atoms with Gasteiger partial charge in [-0.3, -0.25) is 9.89 Å². The molecule has 5 rings (SSSR count). The fraction of sp³-hybridized carbons (Fsp3) is 0.235. The molecule has 1 heterocycles. The molecular weight excluding hydrogens is 498 g/mol. The van der Waals surface area contributed by atoms with Gasteiger partial charge in [0.2, 0.25) is 5.91 Å². The van der Waals surface area contributed by atoms with Gasteiger partial charge in [0.1, 0.15) is 24.7 Å². The molecule has 0 fully saturated rings. The minimum absolute atomic E-state index is 0.00398. The third-order valence-electron chi connectivity index (χ3n) is 7.11. The third-order valence-corrected chi connectivity index (χ3v) is 7.11. The summed E-state index contributed by atoms with van der Waals surface area (Å²) in [5.74, 6) is 1.59. The number of benzene rings is 4. The molecule has 0 bridgehead atoms. The van der Waals surface area contributed by atoms with Gasteiger partial charge in [0, 0.05) is 24.9 Å². The lowest BCUT2D eigenvalue weighted by molar-refractivity contribution is -0.118. The predicted molar refractivity (Wildman–Crippen MR) is 159 cm³/mol. The maximum atomic E-state index is 11.2. The van der Waals surface area contributed by atoms with Crippen molar-refractivity contribution in [1.29, 1.82) is 0 Å². The van der Waals surface area contributed by atoms with Gasteiger partial charge in [-0.25, -0.2) is 0 Å². The summed E-state index contributed by atoms with van der Waals surface area (Å²) in [5, 5.41) is 11.1. The molecule has 204 valence electrons. The van der Waals surface area contributed by atoms with Crippen LogP contribution in [0.25, 0.3) is 22.0 Å². The van der Waals surface area contributed by atoms with Crippen LogP contribution in [-0.2, 0) is 24.4 Å². The average Bonchev–Trinajstić information content (AvgIpc) is 3.44. The van der Waals surface area contributed by atoms with E-state index in [0.29, 0.717) is 19.8 Å². The van der Waals surface area contributed by atoms with Gasteiger partial charge >= 0.3 is 0 Å². The summed E-state index contributed by atoms with van der Waals surface area (Å²) in [6, 6.07) is 29.1. The molecule has 0 saturated heterocycles. The second-order valence-electron chi connectivity index (χ2n) is 10.0. The molecule has 0 spiro atoms. The maximum absolute atomic E-state index is 11.2. The van der Waals surface area contributed by atoms with E-state index >= 15 is 0 Å². The Hall–Kier alpha value is -4.58. The number of fused-ring (bicyclic) bond motifs is 1. The first-order valence-electron chi connectivity index (χ1n) is 13.8. The van der Waals surface area contributed by atoms with Crippen molar-refractivity contribution >= 4 is 16.8 Å². The van der Waals surface area contributed by atoms with Gasteiger partial charge in [-0.05, 0) is 71.7 Å². The molecule has 0 saturated carbocycles. The molecule has 4 aromatic carbocycles. The second-order valence-corrected chi connectivity index (χ2v) is 10.0. The van der Waals surface area contributed by atoms with E-state index in [1.807, 2.05) is 30.5 Å². The van der Waals surface area contributed by atoms with E-state index in [1.165, 1.54) is 16.7 Å². The second kappa shape index (κ2) is 13.0. The lowest BCUT2D eigenvalue weighted by atomic mass is 9.97. The van der Waals surface area contributed by atoms with E-state index in [-0.39, 0.29) is 5.91 Å². The number of aromatic nitrogens is 2. The molecule has 0 aliphatic heterocycles. The van der Waals surface area contributed by atoms with Crippen LogP contribution in [0.1, 0.15) is 42.0 Å². The number of aryl methyl sites for hydroxylation is 1. The van der Waals surface area contributed by atoms with Crippen LogP contribution in [0.4, 0.5) is 0 Å². The van der Waals surface area contributed by atoms with Gasteiger partial charge in [-0.2, -0.15) is 5.10 Å². The Bertz CT molecular complexity index is 1580. The monoisotopic (exact) mass is 533 g/mol. The van der Waals surface area contributed by atoms with Crippen molar-refractivity contribution in [2.45, 2.75) is 46.3 Å². The molecule has 6 heteroatoms. The van der Waals surface area contributed by atoms with Gasteiger partial charge < -0.3 is 14.8 Å². The van der Waals surface area contributed by atoms with E-state index in [9.17, 15) is 4.79 Å². The standard InChI is InChI=1S/C34H35N3O3/c1-24-30(12-8-13-32(24)27-9-4-3-5-10-27)23-39-31-17-16-28(11-6-7-18-35-25(2)38)34(20-31)40-22-26-14-15-29-21-36-37-33(29)19-26/h3-5,8-10,12-17,19-21H,6-7,11,18,22-23H2,1-2H3,(H,35,38)(H,36,37). The van der Waals surface area contributed by atoms with Crippen molar-refractivity contribution in [3.8, 4) is 22.6 Å². The number of carbonyl (C=O) groups is 1. The SMILES string of the molecule is CC(=O)NCCCCc1ccc(OCc2cccc(-c3ccccc3)c2C)cc1OCc1ccc2cn[nH]c2c1. The van der Waals surface area contributed by atoms with E-state index < -0.39 is 0 Å². The molecule has 40 heavy (non-hydrogen) atoms. The Morgan fingerprint density at radius 2 is 1.75 bits per heavy atom. The number of carbonyl (C=O) groups excluding carboxylic acids is 1. The van der Waals surface area contributed by atoms with Crippen molar-refractivity contribution in [2.24, 2.45) is 0 Å². The lowest BCUT2D eigenvalue weighted by Crippen LogP contribution is -2.20. The fourth-order valence-corrected chi connectivity index (χ4v) is 4.84. The number of unbranched alkanes of at least 4 members (excludes halogenated alkanes) is 1. The number of hydrogen-bond acceptors (Lipinski definition) is 4. The van der Waals surface area contributed by atoms with Crippen LogP contribution >= 0.6 is 0 Å². The van der Waals surface area contributed by atoms with Crippen LogP contribution in [0.5, 0.6) is 11.5 Å². The first kappa shape index (κ1) is 27.0. The quantitative estimate of drug-likeness (QED) is 0.167. The highest BCUT2D eigenvalue weighted by atomic mass is 16.5. The molecule has 0 aliphatic carbocycles. The van der Waals surface area contributed by atoms with Crippen LogP contribution in [0.2, 0.25) is 0 Å². The van der Waals surface area contributed by atoms with Crippen LogP contribution in [0.15, 0.2) is 91.1 Å². The highest BCUT2D eigenvalue weighted by molar-refractivity contribution is 5.78. The zero-order valence-corrected chi connectivity index (χ0v) is 23.1. The zero-order valence-electron chi connectivity index (χ0n) is 23.1. The highest BCUT2D eigenvalue weighted by Crippen LogP contribution is 2.30. The first-order chi connectivity index (χ1) is 19.6. The lowest BCUT2D eigenvalue weighted by Gasteiger charge is -2.16. The topological polar surface area (TPSA) is 76.2 Å². The molecule has 0 aliphatic rings. The summed E-state index contributed by atoms with van der Waals surface area (Å²) in [6.07, 6.45) is 4.53. The zero-order chi connectivity index (χ0) is 27.7. The molecule has 6 nitrogen and oxygen atoms in total. The van der Waals surface area contributed by atoms with Gasteiger partial charge in [-0.15, -0.1) is 0 Å². The maximum Gasteiger partial charge on any atom is 0.216 e. The summed E-state index contributed by atoms with van der Waals surface area (Å²) in [6.45, 7) is 5.28. The summed E-state index contributed by atoms with van der Waals surface area (Å²) in [7, 11) is 0. The Labute approximate surface area is 235 Å². The number of amides is 1. The van der Waals surface area contributed by atoms with Gasteiger partial charge in [0.25, 0.3) is 0 Å². The van der Waals surface area contributed by atoms with Crippen molar-refractivity contribution in [2.75, 3.05) is 6.54 Å². The normalized spacial score (nSPS) is 10.9. The largest absolute Gasteiger partial charge is 0.489 e. The average molecular weight is 534 g/mol. The number of nitrogens with zero attached hydrogens (tertiary/aromatic N) is 1. The minimum Gasteiger partial charge on any atom is -0.489 e. The third kappa shape index (κ3) is 6.89. The van der Waals surface area contributed by atoms with Crippen LogP contribution in [0, 0.1) is 6.92 Å². The number of hydrogen-bond donors (Lipinski definition) is 2. The fourth-order valence-electron chi connectivity index (χ4n) is 4.84. The Morgan fingerprint density at radius 3 is 2.60 bits per heavy atom. The van der Waals surface area contributed by atoms with Crippen LogP contribution < -0.4 is 14.8 Å². The van der Waals surface area contributed by atoms with Crippen molar-refractivity contribution in [3.05, 3.63) is 113 Å². The van der Waals surface area contributed by atoms with E-state index in [2.05, 4.69) is 83.1 Å². The number of aromatic amines is 1. The molecule has 5 aromatic rings. The molecule has 1 amide bonds. The van der Waals surface area contributed by atoms with Crippen molar-refractivity contribution in [3.63, 3.8) is 0 Å². The van der Waals surface area contributed by atoms with Gasteiger partial charge in [0.15, 0.2) is 0 Å². The number of ether oxygens (including phenoxy) is 2. The minimum atomic E-state index is 0.00398. The molecular formula is C34H35N3O3. The summed E-state index contributed by atoms with van der Waals surface area (Å²) in [5.41, 5.74) is 7.97. The Balaban J connectivity index is 1.30. The van der Waals surface area contributed by atoms with E-state index in [4.69, 9.17) is 9.47 Å². The molecule has 2 N–H and O–H groups in total. The summed E-state index contributed by atoms with van der Waals surface area (Å²) >= 11 is 0. The molecule has 1 aromatic heterocycles. The smallest absolute Gasteiger partial charge is 0.216 e. The van der Waals surface area contributed by atoms with E-state index in [1.54, 1.807) is 6.92 Å². The molecule has 0 unspecified atom stereocenters. The van der Waals surface area contributed by atoms with E-state index in [0.717, 1.165) is 58.4 Å². The Kier molecular flexibility index (Phi) is 8.76. The van der Waals surface area contributed by atoms with Crippen molar-refractivity contribution in [1.82, 2.24) is 15.5 Å². The Morgan fingerprint density at radius 1 is 0.875 bits per heavy atom. The molecule has 0 atom stereocenters. The van der Waals surface area contributed by atoms with Gasteiger partial charge in [0.05, 0.1) is 11.7 Å². The van der Waals surface area contributed by atoms with Crippen molar-refractivity contribution < 1.29 is 14.3 Å². The van der Waals surface area contributed by atoms with Gasteiger partial charge in [-0.1, -0.05) is 66.7 Å². The highest BCUT2D eigenvalue weighted by Gasteiger charge is 2.11. The first-order valence-corrected chi connectivity index (χ1v) is 13.8. The summed E-state index contributed by atoms with van der Waals surface area (Å²) < 4.78 is 12.6. The van der Waals surface area contributed by atoms with Crippen LogP contribution in [-0.4, -0.2) is 22.6 Å². The number of H-pyrrole nitrogens is 1. The summed E-state index contributed by atoms with van der Waals surface area (Å²) in [4.78, 5) is 11.2. The van der Waals surface area contributed by atoms with Crippen LogP contribution in [0.3, 0.4) is 0 Å². The molecule has 0 radical (unpaired) electrons. The predicted octanol–water partition coefficient (Wildman–Crippen LogP) is 7.16. The number of nitrogens with one attached hydrogen (secondary N) is 2.